The van der Waals surface area contributed by atoms with Gasteiger partial charge in [0.05, 0.1) is 16.9 Å². The highest BCUT2D eigenvalue weighted by atomic mass is 79.9. The topological polar surface area (TPSA) is 66.5 Å². The largest absolute Gasteiger partial charge is 0.326 e. The van der Waals surface area contributed by atoms with E-state index >= 15 is 0 Å². The van der Waals surface area contributed by atoms with Gasteiger partial charge in [0.25, 0.3) is 0 Å². The average molecular weight is 647 g/mol. The molecule has 0 unspecified atom stereocenters. The molecule has 1 saturated heterocycles. The summed E-state index contributed by atoms with van der Waals surface area (Å²) in [6, 6.07) is 20.5. The number of hydrogen-bond acceptors (Lipinski definition) is 3. The Bertz CT molecular complexity index is 1410. The number of anilines is 1. The summed E-state index contributed by atoms with van der Waals surface area (Å²) in [7, 11) is 0. The minimum Gasteiger partial charge on any atom is -0.326 e. The Balaban J connectivity index is 1.15. The van der Waals surface area contributed by atoms with Gasteiger partial charge in [-0.1, -0.05) is 66.6 Å². The number of unbranched alkanes of at least 4 members (excludes halogenated alkanes) is 2. The Morgan fingerprint density at radius 3 is 1.82 bits per heavy atom. The van der Waals surface area contributed by atoms with Crippen LogP contribution in [-0.4, -0.2) is 29.2 Å². The summed E-state index contributed by atoms with van der Waals surface area (Å²) in [5.41, 5.74) is 3.81. The van der Waals surface area contributed by atoms with Crippen LogP contribution < -0.4 is 5.32 Å². The zero-order chi connectivity index (χ0) is 27.5. The van der Waals surface area contributed by atoms with Gasteiger partial charge in [0.2, 0.25) is 17.7 Å². The number of benzene rings is 3. The highest BCUT2D eigenvalue weighted by Gasteiger charge is 2.72. The summed E-state index contributed by atoms with van der Waals surface area (Å²) in [5, 5.41) is 3.36. The molecule has 2 bridgehead atoms. The SMILES string of the molecule is O=C(CCCCCN1C(=O)[C@H]2[C@H](C1=O)C1(Cl)c3ccccc3C2(Cl)c2ccccc21)Nc1ccc(Br)c(Cl)c1. The van der Waals surface area contributed by atoms with Crippen LogP contribution in [0.4, 0.5) is 5.69 Å². The summed E-state index contributed by atoms with van der Waals surface area (Å²) in [5.74, 6) is -2.24. The lowest BCUT2D eigenvalue weighted by Gasteiger charge is -2.54. The number of imide groups is 1. The van der Waals surface area contributed by atoms with E-state index in [4.69, 9.17) is 34.8 Å². The van der Waals surface area contributed by atoms with Crippen molar-refractivity contribution in [2.24, 2.45) is 11.8 Å². The molecule has 0 radical (unpaired) electrons. The number of halogens is 4. The van der Waals surface area contributed by atoms with Crippen LogP contribution in [0, 0.1) is 11.8 Å². The second kappa shape index (κ2) is 9.91. The Hall–Kier alpha value is -2.38. The minimum atomic E-state index is -1.16. The Labute approximate surface area is 249 Å². The van der Waals surface area contributed by atoms with Crippen LogP contribution in [0.5, 0.6) is 0 Å². The second-order valence-corrected chi connectivity index (χ2v) is 12.7. The molecule has 200 valence electrons. The van der Waals surface area contributed by atoms with E-state index in [2.05, 4.69) is 21.2 Å². The number of nitrogens with zero attached hydrogens (tertiary/aromatic N) is 1. The fourth-order valence-corrected chi connectivity index (χ4v) is 8.00. The van der Waals surface area contributed by atoms with E-state index in [0.29, 0.717) is 36.4 Å². The van der Waals surface area contributed by atoms with Gasteiger partial charge >= 0.3 is 0 Å². The third-order valence-corrected chi connectivity index (χ3v) is 10.7. The first kappa shape index (κ1) is 26.8. The molecule has 1 heterocycles. The second-order valence-electron chi connectivity index (χ2n) is 10.3. The molecule has 4 aliphatic rings. The van der Waals surface area contributed by atoms with Crippen molar-refractivity contribution in [3.63, 3.8) is 0 Å². The van der Waals surface area contributed by atoms with Gasteiger partial charge in [-0.25, -0.2) is 0 Å². The number of amides is 3. The van der Waals surface area contributed by atoms with Gasteiger partial charge in [-0.2, -0.15) is 0 Å². The lowest BCUT2D eigenvalue weighted by molar-refractivity contribution is -0.140. The first-order chi connectivity index (χ1) is 18.7. The molecule has 5 nitrogen and oxygen atoms in total. The van der Waals surface area contributed by atoms with Crippen LogP contribution in [0.1, 0.15) is 47.9 Å². The maximum absolute atomic E-state index is 13.8. The minimum absolute atomic E-state index is 0.118. The van der Waals surface area contributed by atoms with Crippen molar-refractivity contribution in [2.45, 2.75) is 35.4 Å². The maximum atomic E-state index is 13.8. The quantitative estimate of drug-likeness (QED) is 0.168. The molecule has 0 spiro atoms. The fraction of sp³-hybridized carbons (Fsp3) is 0.300. The molecule has 3 amide bonds. The van der Waals surface area contributed by atoms with Gasteiger partial charge in [-0.15, -0.1) is 23.2 Å². The molecule has 3 aromatic carbocycles. The molecule has 3 aromatic rings. The van der Waals surface area contributed by atoms with Crippen molar-refractivity contribution in [1.82, 2.24) is 4.90 Å². The van der Waals surface area contributed by atoms with Crippen molar-refractivity contribution in [2.75, 3.05) is 11.9 Å². The zero-order valence-corrected chi connectivity index (χ0v) is 24.6. The standard InChI is InChI=1S/C30H24BrCl3N2O3/c31-22-14-13-17(16-23(22)32)35-24(37)12-2-1-7-15-36-27(38)25-26(28(36)39)30(34)19-9-4-3-8-18(19)29(25,33)20-10-5-6-11-21(20)30/h3-6,8-11,13-14,16,25-26H,1-2,7,12,15H2,(H,35,37)/t25-,26-,29?,30?/m1/s1. The van der Waals surface area contributed by atoms with E-state index in [0.717, 1.165) is 26.7 Å². The summed E-state index contributed by atoms with van der Waals surface area (Å²) in [6.45, 7) is 0.265. The van der Waals surface area contributed by atoms with E-state index in [1.165, 1.54) is 4.90 Å². The molecule has 39 heavy (non-hydrogen) atoms. The van der Waals surface area contributed by atoms with Gasteiger partial charge in [-0.05, 0) is 69.2 Å². The molecular formula is C30H24BrCl3N2O3. The van der Waals surface area contributed by atoms with E-state index in [1.807, 2.05) is 48.5 Å². The number of likely N-dealkylation sites (tertiary alicyclic amines) is 1. The van der Waals surface area contributed by atoms with E-state index in [1.54, 1.807) is 18.2 Å². The number of hydrogen-bond donors (Lipinski definition) is 1. The zero-order valence-electron chi connectivity index (χ0n) is 20.7. The monoisotopic (exact) mass is 644 g/mol. The van der Waals surface area contributed by atoms with Gasteiger partial charge < -0.3 is 5.32 Å². The predicted octanol–water partition coefficient (Wildman–Crippen LogP) is 7.19. The van der Waals surface area contributed by atoms with Crippen LogP contribution in [0.15, 0.2) is 71.2 Å². The summed E-state index contributed by atoms with van der Waals surface area (Å²) < 4.78 is 0.758. The molecule has 0 saturated carbocycles. The fourth-order valence-electron chi connectivity index (χ4n) is 6.47. The first-order valence-corrected chi connectivity index (χ1v) is 14.8. The van der Waals surface area contributed by atoms with E-state index < -0.39 is 21.6 Å². The van der Waals surface area contributed by atoms with Crippen molar-refractivity contribution in [3.05, 3.63) is 98.5 Å². The van der Waals surface area contributed by atoms with E-state index in [9.17, 15) is 14.4 Å². The molecule has 3 aliphatic carbocycles. The van der Waals surface area contributed by atoms with Crippen LogP contribution in [0.3, 0.4) is 0 Å². The summed E-state index contributed by atoms with van der Waals surface area (Å²) in [4.78, 5) is 39.0. The molecular weight excluding hydrogens is 623 g/mol. The van der Waals surface area contributed by atoms with Gasteiger partial charge in [0, 0.05) is 23.1 Å². The van der Waals surface area contributed by atoms with Crippen molar-refractivity contribution in [3.8, 4) is 0 Å². The van der Waals surface area contributed by atoms with Crippen LogP contribution in [0.25, 0.3) is 0 Å². The molecule has 9 heteroatoms. The maximum Gasteiger partial charge on any atom is 0.235 e. The lowest BCUT2D eigenvalue weighted by Crippen LogP contribution is -2.57. The van der Waals surface area contributed by atoms with Crippen LogP contribution >= 0.6 is 50.7 Å². The number of nitrogens with one attached hydrogen (secondary N) is 1. The van der Waals surface area contributed by atoms with Gasteiger partial charge in [-0.3, -0.25) is 19.3 Å². The smallest absolute Gasteiger partial charge is 0.235 e. The Kier molecular flexibility index (Phi) is 6.82. The lowest BCUT2D eigenvalue weighted by atomic mass is 9.54. The molecule has 1 fully saturated rings. The number of carbonyl (C=O) groups excluding carboxylic acids is 3. The number of alkyl halides is 2. The van der Waals surface area contributed by atoms with E-state index in [-0.39, 0.29) is 24.3 Å². The predicted molar refractivity (Wildman–Crippen MR) is 156 cm³/mol. The molecule has 1 N–H and O–H groups in total. The third kappa shape index (κ3) is 3.98. The van der Waals surface area contributed by atoms with Crippen molar-refractivity contribution in [1.29, 1.82) is 0 Å². The van der Waals surface area contributed by atoms with Crippen molar-refractivity contribution < 1.29 is 14.4 Å². The van der Waals surface area contributed by atoms with Gasteiger partial charge in [0.1, 0.15) is 9.75 Å². The highest BCUT2D eigenvalue weighted by Crippen LogP contribution is 2.69. The highest BCUT2D eigenvalue weighted by molar-refractivity contribution is 9.10. The number of rotatable bonds is 7. The molecule has 1 aliphatic heterocycles. The molecule has 7 rings (SSSR count). The average Bonchev–Trinajstić information content (AvgIpc) is 3.19. The van der Waals surface area contributed by atoms with Crippen LogP contribution in [-0.2, 0) is 24.1 Å². The normalized spacial score (nSPS) is 26.3. The van der Waals surface area contributed by atoms with Crippen molar-refractivity contribution >= 4 is 74.1 Å². The summed E-state index contributed by atoms with van der Waals surface area (Å²) in [6.07, 6.45) is 2.20. The molecule has 2 atom stereocenters. The Morgan fingerprint density at radius 2 is 1.33 bits per heavy atom. The first-order valence-electron chi connectivity index (χ1n) is 12.9. The van der Waals surface area contributed by atoms with Crippen LogP contribution in [0.2, 0.25) is 5.02 Å². The third-order valence-electron chi connectivity index (χ3n) is 8.17. The number of carbonyl (C=O) groups is 3. The Morgan fingerprint density at radius 1 is 0.821 bits per heavy atom. The molecule has 0 aromatic heterocycles. The summed E-state index contributed by atoms with van der Waals surface area (Å²) >= 11 is 24.3. The van der Waals surface area contributed by atoms with Gasteiger partial charge in [0.15, 0.2) is 0 Å².